The predicted octanol–water partition coefficient (Wildman–Crippen LogP) is 2.02. The Labute approximate surface area is 79.2 Å². The standard InChI is InChI=1S/C10H16N2O/c1-7(2)13-6-10-11-8(3)5-9(4)12-10/h5,7H,6H2,1-4H3. The van der Waals surface area contributed by atoms with Crippen molar-refractivity contribution in [2.75, 3.05) is 0 Å². The highest BCUT2D eigenvalue weighted by atomic mass is 16.5. The van der Waals surface area contributed by atoms with Crippen molar-refractivity contribution in [3.05, 3.63) is 23.3 Å². The molecule has 1 rings (SSSR count). The summed E-state index contributed by atoms with van der Waals surface area (Å²) in [5, 5.41) is 0. The highest BCUT2D eigenvalue weighted by Gasteiger charge is 2.00. The molecule has 0 N–H and O–H groups in total. The van der Waals surface area contributed by atoms with Crippen LogP contribution in [0.15, 0.2) is 6.07 Å². The maximum Gasteiger partial charge on any atom is 0.154 e. The lowest BCUT2D eigenvalue weighted by atomic mass is 10.3. The maximum absolute atomic E-state index is 5.41. The van der Waals surface area contributed by atoms with Crippen LogP contribution in [0.1, 0.15) is 31.1 Å². The molecule has 3 heteroatoms. The molecule has 0 aliphatic rings. The second-order valence-electron chi connectivity index (χ2n) is 3.43. The topological polar surface area (TPSA) is 35.0 Å². The monoisotopic (exact) mass is 180 g/mol. The summed E-state index contributed by atoms with van der Waals surface area (Å²) in [5.74, 6) is 0.770. The smallest absolute Gasteiger partial charge is 0.154 e. The first kappa shape index (κ1) is 10.1. The molecule has 0 aromatic carbocycles. The van der Waals surface area contributed by atoms with Crippen LogP contribution in [0.3, 0.4) is 0 Å². The van der Waals surface area contributed by atoms with E-state index in [0.29, 0.717) is 6.61 Å². The van der Waals surface area contributed by atoms with Gasteiger partial charge in [0.05, 0.1) is 6.10 Å². The molecule has 13 heavy (non-hydrogen) atoms. The van der Waals surface area contributed by atoms with Gasteiger partial charge in [0.15, 0.2) is 5.82 Å². The van der Waals surface area contributed by atoms with E-state index in [1.165, 1.54) is 0 Å². The summed E-state index contributed by atoms with van der Waals surface area (Å²) >= 11 is 0. The van der Waals surface area contributed by atoms with E-state index in [1.807, 2.05) is 33.8 Å². The quantitative estimate of drug-likeness (QED) is 0.713. The number of ether oxygens (including phenoxy) is 1. The van der Waals surface area contributed by atoms with Crippen molar-refractivity contribution in [2.24, 2.45) is 0 Å². The van der Waals surface area contributed by atoms with Gasteiger partial charge in [0.1, 0.15) is 6.61 Å². The van der Waals surface area contributed by atoms with Crippen molar-refractivity contribution in [1.29, 1.82) is 0 Å². The van der Waals surface area contributed by atoms with E-state index in [1.54, 1.807) is 0 Å². The van der Waals surface area contributed by atoms with Gasteiger partial charge in [-0.05, 0) is 33.8 Å². The summed E-state index contributed by atoms with van der Waals surface area (Å²) in [4.78, 5) is 8.54. The molecule has 0 radical (unpaired) electrons. The van der Waals surface area contributed by atoms with Crippen molar-refractivity contribution >= 4 is 0 Å². The molecule has 72 valence electrons. The molecule has 0 unspecified atom stereocenters. The predicted molar refractivity (Wildman–Crippen MR) is 51.4 cm³/mol. The van der Waals surface area contributed by atoms with E-state index in [9.17, 15) is 0 Å². The molecule has 0 saturated carbocycles. The minimum atomic E-state index is 0.226. The number of hydrogen-bond acceptors (Lipinski definition) is 3. The van der Waals surface area contributed by atoms with Gasteiger partial charge in [-0.3, -0.25) is 0 Å². The van der Waals surface area contributed by atoms with Gasteiger partial charge in [0.2, 0.25) is 0 Å². The lowest BCUT2D eigenvalue weighted by Crippen LogP contribution is -2.06. The Morgan fingerprint density at radius 1 is 1.23 bits per heavy atom. The van der Waals surface area contributed by atoms with Gasteiger partial charge in [-0.15, -0.1) is 0 Å². The fraction of sp³-hybridized carbons (Fsp3) is 0.600. The van der Waals surface area contributed by atoms with Crippen LogP contribution in [0, 0.1) is 13.8 Å². The minimum Gasteiger partial charge on any atom is -0.371 e. The Balaban J connectivity index is 2.66. The van der Waals surface area contributed by atoms with E-state index in [-0.39, 0.29) is 6.10 Å². The molecule has 0 aliphatic carbocycles. The first-order valence-corrected chi connectivity index (χ1v) is 4.50. The van der Waals surface area contributed by atoms with Gasteiger partial charge in [-0.2, -0.15) is 0 Å². The van der Waals surface area contributed by atoms with Crippen molar-refractivity contribution in [2.45, 2.75) is 40.4 Å². The molecule has 0 fully saturated rings. The molecular weight excluding hydrogens is 164 g/mol. The molecule has 0 atom stereocenters. The average molecular weight is 180 g/mol. The Hall–Kier alpha value is -0.960. The molecule has 1 aromatic rings. The van der Waals surface area contributed by atoms with Crippen LogP contribution in [0.25, 0.3) is 0 Å². The lowest BCUT2D eigenvalue weighted by molar-refractivity contribution is 0.0611. The number of aromatic nitrogens is 2. The highest BCUT2D eigenvalue weighted by molar-refractivity contribution is 5.07. The number of nitrogens with zero attached hydrogens (tertiary/aromatic N) is 2. The van der Waals surface area contributed by atoms with E-state index in [2.05, 4.69) is 9.97 Å². The SMILES string of the molecule is Cc1cc(C)nc(COC(C)C)n1. The van der Waals surface area contributed by atoms with Crippen molar-refractivity contribution in [3.8, 4) is 0 Å². The Kier molecular flexibility index (Phi) is 3.37. The third-order valence-corrected chi connectivity index (χ3v) is 1.57. The number of hydrogen-bond donors (Lipinski definition) is 0. The van der Waals surface area contributed by atoms with Gasteiger partial charge < -0.3 is 4.74 Å². The fourth-order valence-corrected chi connectivity index (χ4v) is 1.10. The van der Waals surface area contributed by atoms with Crippen LogP contribution < -0.4 is 0 Å². The van der Waals surface area contributed by atoms with Crippen molar-refractivity contribution in [3.63, 3.8) is 0 Å². The lowest BCUT2D eigenvalue weighted by Gasteiger charge is -2.07. The molecule has 0 saturated heterocycles. The van der Waals surface area contributed by atoms with Crippen LogP contribution in [0.4, 0.5) is 0 Å². The first-order chi connectivity index (χ1) is 6.08. The zero-order valence-corrected chi connectivity index (χ0v) is 8.66. The van der Waals surface area contributed by atoms with Gasteiger partial charge in [-0.1, -0.05) is 0 Å². The normalized spacial score (nSPS) is 10.8. The number of aryl methyl sites for hydroxylation is 2. The Morgan fingerprint density at radius 3 is 2.23 bits per heavy atom. The molecule has 0 spiro atoms. The van der Waals surface area contributed by atoms with E-state index in [0.717, 1.165) is 17.2 Å². The van der Waals surface area contributed by atoms with E-state index >= 15 is 0 Å². The van der Waals surface area contributed by atoms with Crippen LogP contribution in [-0.2, 0) is 11.3 Å². The average Bonchev–Trinajstić information content (AvgIpc) is 1.99. The summed E-state index contributed by atoms with van der Waals surface area (Å²) in [5.41, 5.74) is 1.99. The minimum absolute atomic E-state index is 0.226. The fourth-order valence-electron chi connectivity index (χ4n) is 1.10. The van der Waals surface area contributed by atoms with Crippen LogP contribution in [0.2, 0.25) is 0 Å². The summed E-state index contributed by atoms with van der Waals surface area (Å²) in [6, 6.07) is 1.96. The van der Waals surface area contributed by atoms with Gasteiger partial charge in [-0.25, -0.2) is 9.97 Å². The molecule has 0 bridgehead atoms. The zero-order valence-electron chi connectivity index (χ0n) is 8.66. The zero-order chi connectivity index (χ0) is 9.84. The molecule has 1 heterocycles. The maximum atomic E-state index is 5.41. The largest absolute Gasteiger partial charge is 0.371 e. The number of rotatable bonds is 3. The summed E-state index contributed by atoms with van der Waals surface area (Å²) in [7, 11) is 0. The van der Waals surface area contributed by atoms with Gasteiger partial charge >= 0.3 is 0 Å². The second kappa shape index (κ2) is 4.33. The Bertz CT molecular complexity index is 264. The summed E-state index contributed by atoms with van der Waals surface area (Å²) in [6.45, 7) is 8.44. The third kappa shape index (κ3) is 3.51. The van der Waals surface area contributed by atoms with E-state index in [4.69, 9.17) is 4.74 Å². The van der Waals surface area contributed by atoms with E-state index < -0.39 is 0 Å². The van der Waals surface area contributed by atoms with Crippen LogP contribution >= 0.6 is 0 Å². The third-order valence-electron chi connectivity index (χ3n) is 1.57. The summed E-state index contributed by atoms with van der Waals surface area (Å²) in [6.07, 6.45) is 0.226. The first-order valence-electron chi connectivity index (χ1n) is 4.50. The Morgan fingerprint density at radius 2 is 1.77 bits per heavy atom. The highest BCUT2D eigenvalue weighted by Crippen LogP contribution is 2.01. The van der Waals surface area contributed by atoms with Crippen LogP contribution in [-0.4, -0.2) is 16.1 Å². The molecule has 1 aromatic heterocycles. The van der Waals surface area contributed by atoms with Gasteiger partial charge in [0.25, 0.3) is 0 Å². The molecule has 0 amide bonds. The van der Waals surface area contributed by atoms with Crippen LogP contribution in [0.5, 0.6) is 0 Å². The molecule has 0 aliphatic heterocycles. The van der Waals surface area contributed by atoms with Gasteiger partial charge in [0, 0.05) is 11.4 Å². The summed E-state index contributed by atoms with van der Waals surface area (Å²) < 4.78 is 5.41. The van der Waals surface area contributed by atoms with Crippen molar-refractivity contribution in [1.82, 2.24) is 9.97 Å². The van der Waals surface area contributed by atoms with Crippen molar-refractivity contribution < 1.29 is 4.74 Å². The molecular formula is C10H16N2O. The second-order valence-corrected chi connectivity index (χ2v) is 3.43. The molecule has 3 nitrogen and oxygen atoms in total.